The van der Waals surface area contributed by atoms with Gasteiger partial charge in [-0.3, -0.25) is 9.69 Å². The number of rotatable bonds is 6. The fourth-order valence-corrected chi connectivity index (χ4v) is 4.38. The second-order valence-corrected chi connectivity index (χ2v) is 8.63. The fourth-order valence-electron chi connectivity index (χ4n) is 3.04. The van der Waals surface area contributed by atoms with Crippen molar-refractivity contribution in [3.05, 3.63) is 64.8 Å². The van der Waals surface area contributed by atoms with E-state index in [1.54, 1.807) is 11.0 Å². The highest BCUT2D eigenvalue weighted by atomic mass is 35.5. The number of carbonyl (C=O) groups is 1. The van der Waals surface area contributed by atoms with Gasteiger partial charge in [0.15, 0.2) is 16.6 Å². The summed E-state index contributed by atoms with van der Waals surface area (Å²) in [6.07, 6.45) is 0. The van der Waals surface area contributed by atoms with Crippen LogP contribution in [0.25, 0.3) is 21.5 Å². The topological polar surface area (TPSA) is 62.5 Å². The van der Waals surface area contributed by atoms with Crippen molar-refractivity contribution >= 4 is 56.6 Å². The van der Waals surface area contributed by atoms with Gasteiger partial charge in [-0.2, -0.15) is 0 Å². The number of halogens is 2. The van der Waals surface area contributed by atoms with Crippen LogP contribution in [0.1, 0.15) is 16.1 Å². The quantitative estimate of drug-likeness (QED) is 0.365. The van der Waals surface area contributed by atoms with Gasteiger partial charge < -0.3 is 9.42 Å². The van der Waals surface area contributed by atoms with Crippen LogP contribution in [0.4, 0.5) is 5.13 Å². The van der Waals surface area contributed by atoms with Gasteiger partial charge in [-0.05, 0) is 32.6 Å². The summed E-state index contributed by atoms with van der Waals surface area (Å²) >= 11 is 7.78. The molecule has 6 nitrogen and oxygen atoms in total. The lowest BCUT2D eigenvalue weighted by Gasteiger charge is -2.20. The van der Waals surface area contributed by atoms with E-state index in [0.717, 1.165) is 21.3 Å². The van der Waals surface area contributed by atoms with Crippen molar-refractivity contribution in [2.24, 2.45) is 0 Å². The van der Waals surface area contributed by atoms with Crippen molar-refractivity contribution in [2.75, 3.05) is 32.1 Å². The highest BCUT2D eigenvalue weighted by molar-refractivity contribution is 7.23. The van der Waals surface area contributed by atoms with Crippen molar-refractivity contribution < 1.29 is 9.32 Å². The molecule has 2 aromatic carbocycles. The summed E-state index contributed by atoms with van der Waals surface area (Å²) in [5, 5.41) is 5.25. The summed E-state index contributed by atoms with van der Waals surface area (Å²) in [5.41, 5.74) is 2.95. The monoisotopic (exact) mass is 476 g/mol. The van der Waals surface area contributed by atoms with Crippen LogP contribution in [-0.2, 0) is 0 Å². The maximum absolute atomic E-state index is 13.4. The number of aryl methyl sites for hydroxylation is 1. The SMILES string of the molecule is Cc1ccc(Cl)c2sc(N(CCN(C)C)C(=O)c3cc(-c4ccccc4)on3)nc12.Cl. The Morgan fingerprint density at radius 3 is 2.55 bits per heavy atom. The molecule has 0 saturated carbocycles. The average Bonchev–Trinajstić information content (AvgIpc) is 3.40. The molecular formula is C22H22Cl2N4O2S. The van der Waals surface area contributed by atoms with Crippen molar-refractivity contribution in [1.29, 1.82) is 0 Å². The molecule has 0 N–H and O–H groups in total. The van der Waals surface area contributed by atoms with E-state index in [-0.39, 0.29) is 24.0 Å². The summed E-state index contributed by atoms with van der Waals surface area (Å²) in [6.45, 7) is 3.13. The second-order valence-electron chi connectivity index (χ2n) is 7.24. The molecule has 31 heavy (non-hydrogen) atoms. The van der Waals surface area contributed by atoms with Gasteiger partial charge in [0.2, 0.25) is 0 Å². The number of anilines is 1. The molecule has 1 amide bonds. The molecule has 0 aliphatic heterocycles. The van der Waals surface area contributed by atoms with Crippen LogP contribution in [0, 0.1) is 6.92 Å². The van der Waals surface area contributed by atoms with Crippen molar-refractivity contribution in [2.45, 2.75) is 6.92 Å². The molecule has 0 spiro atoms. The van der Waals surface area contributed by atoms with Gasteiger partial charge in [0.25, 0.3) is 5.91 Å². The van der Waals surface area contributed by atoms with Crippen LogP contribution < -0.4 is 4.90 Å². The molecule has 0 bridgehead atoms. The van der Waals surface area contributed by atoms with E-state index in [4.69, 9.17) is 21.1 Å². The van der Waals surface area contributed by atoms with Gasteiger partial charge in [-0.25, -0.2) is 4.98 Å². The summed E-state index contributed by atoms with van der Waals surface area (Å²) in [4.78, 5) is 21.8. The number of hydrogen-bond donors (Lipinski definition) is 0. The zero-order chi connectivity index (χ0) is 21.3. The zero-order valence-corrected chi connectivity index (χ0v) is 19.7. The Hall–Kier alpha value is -2.45. The Morgan fingerprint density at radius 1 is 1.13 bits per heavy atom. The molecule has 0 radical (unpaired) electrons. The van der Waals surface area contributed by atoms with Crippen LogP contribution >= 0.6 is 35.3 Å². The van der Waals surface area contributed by atoms with Crippen LogP contribution in [-0.4, -0.2) is 48.1 Å². The lowest BCUT2D eigenvalue weighted by Crippen LogP contribution is -2.36. The Kier molecular flexibility index (Phi) is 7.33. The molecule has 0 aliphatic carbocycles. The number of thiazole rings is 1. The lowest BCUT2D eigenvalue weighted by atomic mass is 10.1. The number of nitrogens with zero attached hydrogens (tertiary/aromatic N) is 4. The first-order valence-electron chi connectivity index (χ1n) is 9.48. The van der Waals surface area contributed by atoms with E-state index >= 15 is 0 Å². The third-order valence-electron chi connectivity index (χ3n) is 4.72. The van der Waals surface area contributed by atoms with E-state index in [0.29, 0.717) is 29.0 Å². The molecule has 0 atom stereocenters. The Morgan fingerprint density at radius 2 is 1.87 bits per heavy atom. The number of aromatic nitrogens is 2. The smallest absolute Gasteiger partial charge is 0.282 e. The number of fused-ring (bicyclic) bond motifs is 1. The van der Waals surface area contributed by atoms with Gasteiger partial charge in [-0.1, -0.05) is 64.5 Å². The molecule has 2 aromatic heterocycles. The number of benzene rings is 2. The van der Waals surface area contributed by atoms with E-state index < -0.39 is 0 Å². The van der Waals surface area contributed by atoms with Crippen LogP contribution in [0.15, 0.2) is 53.1 Å². The van der Waals surface area contributed by atoms with E-state index in [9.17, 15) is 4.79 Å². The Bertz CT molecular complexity index is 1150. The van der Waals surface area contributed by atoms with Crippen LogP contribution in [0.3, 0.4) is 0 Å². The lowest BCUT2D eigenvalue weighted by molar-refractivity contribution is 0.0976. The third kappa shape index (κ3) is 4.91. The zero-order valence-electron chi connectivity index (χ0n) is 17.3. The minimum atomic E-state index is -0.254. The highest BCUT2D eigenvalue weighted by Crippen LogP contribution is 2.36. The van der Waals surface area contributed by atoms with Gasteiger partial charge in [0, 0.05) is 24.7 Å². The van der Waals surface area contributed by atoms with Crippen molar-refractivity contribution in [3.63, 3.8) is 0 Å². The number of carbonyl (C=O) groups excluding carboxylic acids is 1. The maximum Gasteiger partial charge on any atom is 0.282 e. The van der Waals surface area contributed by atoms with Gasteiger partial charge in [0.1, 0.15) is 0 Å². The van der Waals surface area contributed by atoms with Crippen molar-refractivity contribution in [3.8, 4) is 11.3 Å². The molecule has 4 rings (SSSR count). The van der Waals surface area contributed by atoms with Gasteiger partial charge in [-0.15, -0.1) is 12.4 Å². The summed E-state index contributed by atoms with van der Waals surface area (Å²) in [6, 6.07) is 15.0. The minimum absolute atomic E-state index is 0. The largest absolute Gasteiger partial charge is 0.355 e. The normalized spacial score (nSPS) is 11.0. The highest BCUT2D eigenvalue weighted by Gasteiger charge is 2.25. The number of hydrogen-bond acceptors (Lipinski definition) is 6. The second kappa shape index (κ2) is 9.78. The third-order valence-corrected chi connectivity index (χ3v) is 6.26. The Labute approximate surface area is 195 Å². The summed E-state index contributed by atoms with van der Waals surface area (Å²) < 4.78 is 6.31. The fraction of sp³-hybridized carbons (Fsp3) is 0.227. The summed E-state index contributed by atoms with van der Waals surface area (Å²) in [7, 11) is 3.93. The average molecular weight is 477 g/mol. The molecular weight excluding hydrogens is 455 g/mol. The van der Waals surface area contributed by atoms with E-state index in [1.165, 1.54) is 11.3 Å². The van der Waals surface area contributed by atoms with Gasteiger partial charge >= 0.3 is 0 Å². The van der Waals surface area contributed by atoms with E-state index in [2.05, 4.69) is 5.16 Å². The first kappa shape index (κ1) is 23.2. The number of amides is 1. The van der Waals surface area contributed by atoms with Gasteiger partial charge in [0.05, 0.1) is 15.2 Å². The molecule has 0 aliphatic rings. The Balaban J connectivity index is 0.00000272. The van der Waals surface area contributed by atoms with Crippen LogP contribution in [0.5, 0.6) is 0 Å². The molecule has 4 aromatic rings. The predicted octanol–water partition coefficient (Wildman–Crippen LogP) is 5.54. The molecule has 2 heterocycles. The molecule has 0 fully saturated rings. The molecule has 0 unspecified atom stereocenters. The molecule has 162 valence electrons. The maximum atomic E-state index is 13.4. The van der Waals surface area contributed by atoms with Crippen LogP contribution in [0.2, 0.25) is 5.02 Å². The summed E-state index contributed by atoms with van der Waals surface area (Å²) in [5.74, 6) is 0.297. The van der Waals surface area contributed by atoms with Crippen molar-refractivity contribution in [1.82, 2.24) is 15.0 Å². The minimum Gasteiger partial charge on any atom is -0.355 e. The first-order valence-corrected chi connectivity index (χ1v) is 10.7. The molecule has 9 heteroatoms. The first-order chi connectivity index (χ1) is 14.4. The standard InChI is InChI=1S/C22H21ClN4O2S.ClH/c1-14-9-10-16(23)20-19(14)24-22(30-20)27(12-11-26(2)3)21(28)17-13-18(29-25-17)15-7-5-4-6-8-15;/h4-10,13H,11-12H2,1-3H3;1H. The predicted molar refractivity (Wildman–Crippen MR) is 129 cm³/mol. The van der Waals surface area contributed by atoms with E-state index in [1.807, 2.05) is 68.4 Å². The molecule has 0 saturated heterocycles. The number of likely N-dealkylation sites (N-methyl/N-ethyl adjacent to an activating group) is 1.